The smallest absolute Gasteiger partial charge is 0.329 e. The van der Waals surface area contributed by atoms with Crippen molar-refractivity contribution in [1.82, 2.24) is 10.3 Å². The van der Waals surface area contributed by atoms with Crippen LogP contribution in [0.3, 0.4) is 0 Å². The minimum absolute atomic E-state index is 0.0408. The highest BCUT2D eigenvalue weighted by Gasteiger charge is 2.48. The molecule has 0 aliphatic heterocycles. The molecule has 1 aliphatic carbocycles. The van der Waals surface area contributed by atoms with Gasteiger partial charge in [-0.1, -0.05) is 0 Å². The van der Waals surface area contributed by atoms with Crippen molar-refractivity contribution in [2.75, 3.05) is 0 Å². The standard InChI is InChI=1S/C12H14N2O4/c1-12(11(17)18,8-2-3-8)14-10(16)7-4-5-13-9(15)6-7/h4-6,8H,2-3H2,1H3,(H,13,15)(H,14,16)(H,17,18). The monoisotopic (exact) mass is 250 g/mol. The van der Waals surface area contributed by atoms with Crippen molar-refractivity contribution in [3.05, 3.63) is 34.2 Å². The van der Waals surface area contributed by atoms with Gasteiger partial charge in [-0.05, 0) is 31.7 Å². The lowest BCUT2D eigenvalue weighted by molar-refractivity contribution is -0.144. The van der Waals surface area contributed by atoms with Gasteiger partial charge in [0.1, 0.15) is 5.54 Å². The second-order valence-electron chi connectivity index (χ2n) is 4.68. The summed E-state index contributed by atoms with van der Waals surface area (Å²) in [6, 6.07) is 2.58. The van der Waals surface area contributed by atoms with E-state index in [9.17, 15) is 19.5 Å². The highest BCUT2D eigenvalue weighted by atomic mass is 16.4. The van der Waals surface area contributed by atoms with Crippen LogP contribution in [0, 0.1) is 5.92 Å². The summed E-state index contributed by atoms with van der Waals surface area (Å²) < 4.78 is 0. The summed E-state index contributed by atoms with van der Waals surface area (Å²) in [5.41, 5.74) is -1.50. The molecule has 6 nitrogen and oxygen atoms in total. The van der Waals surface area contributed by atoms with E-state index in [4.69, 9.17) is 0 Å². The van der Waals surface area contributed by atoms with Crippen LogP contribution in [0.25, 0.3) is 0 Å². The highest BCUT2D eigenvalue weighted by Crippen LogP contribution is 2.39. The lowest BCUT2D eigenvalue weighted by atomic mass is 9.95. The topological polar surface area (TPSA) is 99.3 Å². The van der Waals surface area contributed by atoms with E-state index in [-0.39, 0.29) is 11.5 Å². The van der Waals surface area contributed by atoms with Gasteiger partial charge < -0.3 is 15.4 Å². The van der Waals surface area contributed by atoms with Crippen LogP contribution in [-0.2, 0) is 4.79 Å². The molecule has 6 heteroatoms. The summed E-state index contributed by atoms with van der Waals surface area (Å²) in [6.07, 6.45) is 2.93. The molecule has 1 aliphatic rings. The van der Waals surface area contributed by atoms with E-state index >= 15 is 0 Å². The van der Waals surface area contributed by atoms with Crippen LogP contribution in [0.1, 0.15) is 30.1 Å². The van der Waals surface area contributed by atoms with Crippen LogP contribution in [0.4, 0.5) is 0 Å². The minimum Gasteiger partial charge on any atom is -0.480 e. The number of carboxylic acid groups (broad SMARTS) is 1. The number of hydrogen-bond donors (Lipinski definition) is 3. The number of carbonyl (C=O) groups is 2. The Hall–Kier alpha value is -2.11. The van der Waals surface area contributed by atoms with Gasteiger partial charge in [0.2, 0.25) is 5.56 Å². The molecule has 0 spiro atoms. The van der Waals surface area contributed by atoms with E-state index in [1.54, 1.807) is 0 Å². The average molecular weight is 250 g/mol. The molecule has 18 heavy (non-hydrogen) atoms. The van der Waals surface area contributed by atoms with Crippen LogP contribution in [-0.4, -0.2) is 27.5 Å². The molecule has 1 unspecified atom stereocenters. The maximum Gasteiger partial charge on any atom is 0.329 e. The van der Waals surface area contributed by atoms with Crippen molar-refractivity contribution in [3.8, 4) is 0 Å². The van der Waals surface area contributed by atoms with Crippen LogP contribution in [0.15, 0.2) is 23.1 Å². The minimum atomic E-state index is -1.26. The number of nitrogens with one attached hydrogen (secondary N) is 2. The van der Waals surface area contributed by atoms with Gasteiger partial charge in [0.05, 0.1) is 0 Å². The molecule has 0 bridgehead atoms. The fraction of sp³-hybridized carbons (Fsp3) is 0.417. The third-order valence-electron chi connectivity index (χ3n) is 3.25. The molecule has 0 aromatic carbocycles. The maximum atomic E-state index is 11.9. The van der Waals surface area contributed by atoms with E-state index in [2.05, 4.69) is 10.3 Å². The number of carbonyl (C=O) groups excluding carboxylic acids is 1. The first-order valence-electron chi connectivity index (χ1n) is 5.68. The first kappa shape index (κ1) is 12.3. The quantitative estimate of drug-likeness (QED) is 0.718. The molecule has 1 saturated carbocycles. The number of H-pyrrole nitrogens is 1. The number of amides is 1. The van der Waals surface area contributed by atoms with Gasteiger partial charge in [-0.15, -0.1) is 0 Å². The van der Waals surface area contributed by atoms with E-state index in [1.807, 2.05) is 0 Å². The Labute approximate surface area is 103 Å². The molecule has 3 N–H and O–H groups in total. The Kier molecular flexibility index (Phi) is 2.94. The second kappa shape index (κ2) is 4.29. The van der Waals surface area contributed by atoms with Crippen LogP contribution < -0.4 is 10.9 Å². The SMILES string of the molecule is CC(NC(=O)c1cc[nH]c(=O)c1)(C(=O)O)C1CC1. The predicted octanol–water partition coefficient (Wildman–Crippen LogP) is 0.358. The van der Waals surface area contributed by atoms with Gasteiger partial charge in [0, 0.05) is 17.8 Å². The second-order valence-corrected chi connectivity index (χ2v) is 4.68. The lowest BCUT2D eigenvalue weighted by Gasteiger charge is -2.26. The number of aliphatic carboxylic acids is 1. The first-order chi connectivity index (χ1) is 8.43. The van der Waals surface area contributed by atoms with E-state index in [1.165, 1.54) is 19.2 Å². The molecular formula is C12H14N2O4. The van der Waals surface area contributed by atoms with Crippen LogP contribution in [0.5, 0.6) is 0 Å². The molecule has 1 aromatic rings. The number of hydrogen-bond acceptors (Lipinski definition) is 3. The molecule has 1 amide bonds. The predicted molar refractivity (Wildman–Crippen MR) is 63.3 cm³/mol. The third-order valence-corrected chi connectivity index (χ3v) is 3.25. The van der Waals surface area contributed by atoms with Crippen LogP contribution in [0.2, 0.25) is 0 Å². The Morgan fingerprint density at radius 1 is 1.50 bits per heavy atom. The molecule has 1 aromatic heterocycles. The number of carboxylic acids is 1. The molecule has 1 fully saturated rings. The van der Waals surface area contributed by atoms with Crippen molar-refractivity contribution in [3.63, 3.8) is 0 Å². The molecule has 0 radical (unpaired) electrons. The highest BCUT2D eigenvalue weighted by molar-refractivity contribution is 5.97. The zero-order valence-corrected chi connectivity index (χ0v) is 9.90. The summed E-state index contributed by atoms with van der Waals surface area (Å²) >= 11 is 0. The normalized spacial score (nSPS) is 17.8. The van der Waals surface area contributed by atoms with E-state index in [0.29, 0.717) is 0 Å². The number of aromatic nitrogens is 1. The molecule has 1 heterocycles. The lowest BCUT2D eigenvalue weighted by Crippen LogP contribution is -2.54. The Bertz CT molecular complexity index is 547. The Morgan fingerprint density at radius 3 is 2.67 bits per heavy atom. The molecule has 96 valence electrons. The number of pyridine rings is 1. The van der Waals surface area contributed by atoms with Gasteiger partial charge in [-0.3, -0.25) is 9.59 Å². The summed E-state index contributed by atoms with van der Waals surface area (Å²) in [5, 5.41) is 11.7. The van der Waals surface area contributed by atoms with Crippen molar-refractivity contribution in [2.45, 2.75) is 25.3 Å². The molecular weight excluding hydrogens is 236 g/mol. The van der Waals surface area contributed by atoms with E-state index in [0.717, 1.165) is 18.9 Å². The fourth-order valence-electron chi connectivity index (χ4n) is 1.88. The summed E-state index contributed by atoms with van der Waals surface area (Å²) in [4.78, 5) is 36.7. The molecule has 0 saturated heterocycles. The van der Waals surface area contributed by atoms with Gasteiger partial charge in [0.15, 0.2) is 0 Å². The third kappa shape index (κ3) is 2.27. The van der Waals surface area contributed by atoms with Crippen molar-refractivity contribution < 1.29 is 14.7 Å². The fourth-order valence-corrected chi connectivity index (χ4v) is 1.88. The molecule has 1 atom stereocenters. The Balaban J connectivity index is 2.20. The first-order valence-corrected chi connectivity index (χ1v) is 5.68. The van der Waals surface area contributed by atoms with E-state index < -0.39 is 23.0 Å². The van der Waals surface area contributed by atoms with Crippen molar-refractivity contribution in [1.29, 1.82) is 0 Å². The Morgan fingerprint density at radius 2 is 2.17 bits per heavy atom. The van der Waals surface area contributed by atoms with Crippen LogP contribution >= 0.6 is 0 Å². The summed E-state index contributed by atoms with van der Waals surface area (Å²) in [7, 11) is 0. The van der Waals surface area contributed by atoms with Gasteiger partial charge >= 0.3 is 5.97 Å². The average Bonchev–Trinajstić information content (AvgIpc) is 3.12. The largest absolute Gasteiger partial charge is 0.480 e. The summed E-state index contributed by atoms with van der Waals surface area (Å²) in [6.45, 7) is 1.50. The zero-order chi connectivity index (χ0) is 13.3. The summed E-state index contributed by atoms with van der Waals surface area (Å²) in [5.74, 6) is -1.64. The van der Waals surface area contributed by atoms with Gasteiger partial charge in [-0.2, -0.15) is 0 Å². The zero-order valence-electron chi connectivity index (χ0n) is 9.90. The number of rotatable bonds is 4. The molecule has 2 rings (SSSR count). The van der Waals surface area contributed by atoms with Crippen molar-refractivity contribution in [2.24, 2.45) is 5.92 Å². The van der Waals surface area contributed by atoms with Gasteiger partial charge in [-0.25, -0.2) is 4.79 Å². The van der Waals surface area contributed by atoms with Crippen molar-refractivity contribution >= 4 is 11.9 Å². The van der Waals surface area contributed by atoms with Gasteiger partial charge in [0.25, 0.3) is 5.91 Å². The number of aromatic amines is 1. The maximum absolute atomic E-state index is 11.9.